The molecule has 0 amide bonds. The first-order chi connectivity index (χ1) is 8.65. The van der Waals surface area contributed by atoms with Crippen molar-refractivity contribution in [2.24, 2.45) is 0 Å². The Hall–Kier alpha value is -2.01. The average Bonchev–Trinajstić information content (AvgIpc) is 2.72. The summed E-state index contributed by atoms with van der Waals surface area (Å²) in [5.41, 5.74) is 1.77. The quantitative estimate of drug-likeness (QED) is 0.634. The molecule has 0 saturated heterocycles. The summed E-state index contributed by atoms with van der Waals surface area (Å²) >= 11 is 5.76. The molecule has 2 aromatic heterocycles. The molecule has 90 valence electrons. The molecule has 3 rings (SSSR count). The Morgan fingerprint density at radius 2 is 2.06 bits per heavy atom. The molecule has 0 N–H and O–H groups in total. The lowest BCUT2D eigenvalue weighted by atomic mass is 10.1. The van der Waals surface area contributed by atoms with Crippen LogP contribution >= 0.6 is 11.6 Å². The summed E-state index contributed by atoms with van der Waals surface area (Å²) in [4.78, 5) is 3.94. The summed E-state index contributed by atoms with van der Waals surface area (Å²) in [5, 5.41) is 8.24. The molecule has 1 aromatic carbocycles. The van der Waals surface area contributed by atoms with E-state index in [1.807, 2.05) is 13.0 Å². The van der Waals surface area contributed by atoms with Crippen LogP contribution in [-0.4, -0.2) is 19.6 Å². The highest BCUT2D eigenvalue weighted by Crippen LogP contribution is 2.22. The summed E-state index contributed by atoms with van der Waals surface area (Å²) in [6, 6.07) is 6.53. The van der Waals surface area contributed by atoms with Crippen LogP contribution < -0.4 is 0 Å². The van der Waals surface area contributed by atoms with E-state index in [4.69, 9.17) is 11.6 Å². The standard InChI is InChI=1S/C12H8ClFN4/c1-7-2-3-8(9(14)4-7)12-17-16-11-5-10(13)15-6-18(11)12/h2-6H,1H3. The van der Waals surface area contributed by atoms with Crippen molar-refractivity contribution >= 4 is 17.2 Å². The molecule has 0 unspecified atom stereocenters. The second kappa shape index (κ2) is 4.03. The van der Waals surface area contributed by atoms with E-state index in [1.165, 1.54) is 12.4 Å². The van der Waals surface area contributed by atoms with Crippen LogP contribution in [0.25, 0.3) is 17.0 Å². The van der Waals surface area contributed by atoms with Gasteiger partial charge in [-0.2, -0.15) is 0 Å². The molecule has 3 aromatic rings. The average molecular weight is 263 g/mol. The highest BCUT2D eigenvalue weighted by atomic mass is 35.5. The molecule has 18 heavy (non-hydrogen) atoms. The van der Waals surface area contributed by atoms with Gasteiger partial charge in [-0.15, -0.1) is 10.2 Å². The fraction of sp³-hybridized carbons (Fsp3) is 0.0833. The minimum Gasteiger partial charge on any atom is -0.265 e. The van der Waals surface area contributed by atoms with Crippen LogP contribution in [0.2, 0.25) is 5.15 Å². The maximum atomic E-state index is 13.9. The minimum atomic E-state index is -0.334. The number of nitrogens with zero attached hydrogens (tertiary/aromatic N) is 4. The smallest absolute Gasteiger partial charge is 0.172 e. The third-order valence-electron chi connectivity index (χ3n) is 2.63. The largest absolute Gasteiger partial charge is 0.265 e. The van der Waals surface area contributed by atoms with Gasteiger partial charge in [0.2, 0.25) is 0 Å². The molecule has 2 heterocycles. The van der Waals surface area contributed by atoms with Gasteiger partial charge in [0.05, 0.1) is 5.56 Å². The van der Waals surface area contributed by atoms with E-state index in [2.05, 4.69) is 15.2 Å². The predicted octanol–water partition coefficient (Wildman–Crippen LogP) is 2.89. The highest BCUT2D eigenvalue weighted by molar-refractivity contribution is 6.29. The zero-order valence-electron chi connectivity index (χ0n) is 9.43. The summed E-state index contributed by atoms with van der Waals surface area (Å²) in [5.74, 6) is 0.0749. The van der Waals surface area contributed by atoms with Crippen LogP contribution in [0.5, 0.6) is 0 Å². The minimum absolute atomic E-state index is 0.325. The van der Waals surface area contributed by atoms with Gasteiger partial charge in [0.1, 0.15) is 17.3 Å². The zero-order chi connectivity index (χ0) is 12.7. The first-order valence-electron chi connectivity index (χ1n) is 5.28. The van der Waals surface area contributed by atoms with Crippen LogP contribution in [0.3, 0.4) is 0 Å². The van der Waals surface area contributed by atoms with Crippen LogP contribution in [0.15, 0.2) is 30.6 Å². The molecule has 6 heteroatoms. The van der Waals surface area contributed by atoms with Crippen molar-refractivity contribution in [1.82, 2.24) is 19.6 Å². The number of aromatic nitrogens is 4. The van der Waals surface area contributed by atoms with Crippen LogP contribution in [-0.2, 0) is 0 Å². The van der Waals surface area contributed by atoms with E-state index >= 15 is 0 Å². The molecule has 0 radical (unpaired) electrons. The summed E-state index contributed by atoms with van der Waals surface area (Å²) in [6.07, 6.45) is 1.48. The van der Waals surface area contributed by atoms with Gasteiger partial charge >= 0.3 is 0 Å². The fourth-order valence-electron chi connectivity index (χ4n) is 1.76. The molecule has 0 aliphatic rings. The molecule has 4 nitrogen and oxygen atoms in total. The van der Waals surface area contributed by atoms with Gasteiger partial charge in [-0.1, -0.05) is 17.7 Å². The van der Waals surface area contributed by atoms with Crippen molar-refractivity contribution < 1.29 is 4.39 Å². The van der Waals surface area contributed by atoms with Gasteiger partial charge in [0.25, 0.3) is 0 Å². The lowest BCUT2D eigenvalue weighted by Crippen LogP contribution is -1.94. The van der Waals surface area contributed by atoms with Gasteiger partial charge in [0, 0.05) is 6.07 Å². The molecule has 0 spiro atoms. The monoisotopic (exact) mass is 262 g/mol. The number of rotatable bonds is 1. The molecule has 0 aliphatic carbocycles. The van der Waals surface area contributed by atoms with E-state index in [1.54, 1.807) is 16.5 Å². The van der Waals surface area contributed by atoms with E-state index in [9.17, 15) is 4.39 Å². The van der Waals surface area contributed by atoms with Gasteiger partial charge in [-0.25, -0.2) is 9.37 Å². The topological polar surface area (TPSA) is 43.1 Å². The third kappa shape index (κ3) is 1.73. The van der Waals surface area contributed by atoms with E-state index in [0.29, 0.717) is 22.2 Å². The van der Waals surface area contributed by atoms with Crippen molar-refractivity contribution in [2.75, 3.05) is 0 Å². The van der Waals surface area contributed by atoms with Crippen molar-refractivity contribution in [3.05, 3.63) is 47.1 Å². The number of benzene rings is 1. The van der Waals surface area contributed by atoms with Crippen molar-refractivity contribution in [1.29, 1.82) is 0 Å². The van der Waals surface area contributed by atoms with Crippen molar-refractivity contribution in [3.8, 4) is 11.4 Å². The van der Waals surface area contributed by atoms with Crippen LogP contribution in [0, 0.1) is 12.7 Å². The Morgan fingerprint density at radius 3 is 2.83 bits per heavy atom. The number of hydrogen-bond donors (Lipinski definition) is 0. The SMILES string of the molecule is Cc1ccc(-c2nnc3cc(Cl)ncn23)c(F)c1. The van der Waals surface area contributed by atoms with Gasteiger partial charge in [-0.05, 0) is 24.6 Å². The molecule has 0 aliphatic heterocycles. The highest BCUT2D eigenvalue weighted by Gasteiger charge is 2.12. The van der Waals surface area contributed by atoms with E-state index in [-0.39, 0.29) is 5.82 Å². The predicted molar refractivity (Wildman–Crippen MR) is 65.9 cm³/mol. The number of fused-ring (bicyclic) bond motifs is 1. The van der Waals surface area contributed by atoms with Gasteiger partial charge < -0.3 is 0 Å². The number of hydrogen-bond acceptors (Lipinski definition) is 3. The Balaban J connectivity index is 2.25. The number of aryl methyl sites for hydroxylation is 1. The molecular formula is C12H8ClFN4. The van der Waals surface area contributed by atoms with Crippen molar-refractivity contribution in [3.63, 3.8) is 0 Å². The normalized spacial score (nSPS) is 11.1. The zero-order valence-corrected chi connectivity index (χ0v) is 10.2. The first kappa shape index (κ1) is 11.1. The van der Waals surface area contributed by atoms with Gasteiger partial charge in [0.15, 0.2) is 11.5 Å². The third-order valence-corrected chi connectivity index (χ3v) is 2.84. The Kier molecular flexibility index (Phi) is 2.48. The summed E-state index contributed by atoms with van der Waals surface area (Å²) in [7, 11) is 0. The van der Waals surface area contributed by atoms with Crippen molar-refractivity contribution in [2.45, 2.75) is 6.92 Å². The van der Waals surface area contributed by atoms with E-state index in [0.717, 1.165) is 5.56 Å². The lowest BCUT2D eigenvalue weighted by Gasteiger charge is -2.02. The first-order valence-corrected chi connectivity index (χ1v) is 5.66. The molecule has 0 bridgehead atoms. The van der Waals surface area contributed by atoms with Crippen LogP contribution in [0.4, 0.5) is 4.39 Å². The fourth-order valence-corrected chi connectivity index (χ4v) is 1.90. The molecule has 0 saturated carbocycles. The van der Waals surface area contributed by atoms with Gasteiger partial charge in [-0.3, -0.25) is 4.40 Å². The second-order valence-electron chi connectivity index (χ2n) is 3.95. The number of halogens is 2. The maximum Gasteiger partial charge on any atom is 0.172 e. The second-order valence-corrected chi connectivity index (χ2v) is 4.33. The molecular weight excluding hydrogens is 255 g/mol. The van der Waals surface area contributed by atoms with E-state index < -0.39 is 0 Å². The summed E-state index contributed by atoms with van der Waals surface area (Å²) < 4.78 is 15.5. The Labute approximate surface area is 107 Å². The Bertz CT molecular complexity index is 738. The van der Waals surface area contributed by atoms with Crippen LogP contribution in [0.1, 0.15) is 5.56 Å². The lowest BCUT2D eigenvalue weighted by molar-refractivity contribution is 0.628. The summed E-state index contributed by atoms with van der Waals surface area (Å²) in [6.45, 7) is 1.83. The Morgan fingerprint density at radius 1 is 1.22 bits per heavy atom. The molecule has 0 atom stereocenters. The maximum absolute atomic E-state index is 13.9. The molecule has 0 fully saturated rings.